The van der Waals surface area contributed by atoms with Crippen LogP contribution >= 0.6 is 0 Å². The second-order valence-corrected chi connectivity index (χ2v) is 6.66. The smallest absolute Gasteiger partial charge is 0.240 e. The number of anilines is 2. The summed E-state index contributed by atoms with van der Waals surface area (Å²) >= 11 is 0. The van der Waals surface area contributed by atoms with Gasteiger partial charge in [-0.15, -0.1) is 0 Å². The molecule has 1 aromatic rings. The number of primary sulfonamides is 1. The maximum Gasteiger partial charge on any atom is 0.240 e. The summed E-state index contributed by atoms with van der Waals surface area (Å²) in [5.41, 5.74) is 6.59. The van der Waals surface area contributed by atoms with Crippen molar-refractivity contribution in [2.75, 3.05) is 11.1 Å². The van der Waals surface area contributed by atoms with Gasteiger partial charge in [0.1, 0.15) is 4.90 Å². The molecule has 2 rings (SSSR count). The highest BCUT2D eigenvalue weighted by Crippen LogP contribution is 2.27. The Balaban J connectivity index is 2.24. The molecule has 5 nitrogen and oxygen atoms in total. The molecule has 1 aromatic carbocycles. The second-order valence-electron chi connectivity index (χ2n) is 5.13. The number of rotatable bonds is 3. The number of nitrogens with two attached hydrogens (primary N) is 2. The maximum absolute atomic E-state index is 11.6. The van der Waals surface area contributed by atoms with Crippen molar-refractivity contribution in [2.45, 2.75) is 49.5 Å². The van der Waals surface area contributed by atoms with Crippen LogP contribution in [0.15, 0.2) is 23.1 Å². The minimum atomic E-state index is -3.76. The van der Waals surface area contributed by atoms with Crippen molar-refractivity contribution in [3.05, 3.63) is 18.2 Å². The molecule has 0 saturated heterocycles. The topological polar surface area (TPSA) is 98.2 Å². The summed E-state index contributed by atoms with van der Waals surface area (Å²) in [6.07, 6.45) is 6.99. The molecule has 0 heterocycles. The summed E-state index contributed by atoms with van der Waals surface area (Å²) in [7, 11) is -3.76. The Hall–Kier alpha value is -1.27. The van der Waals surface area contributed by atoms with Crippen LogP contribution in [-0.2, 0) is 10.0 Å². The summed E-state index contributed by atoms with van der Waals surface area (Å²) in [6, 6.07) is 5.11. The third-order valence-electron chi connectivity index (χ3n) is 3.53. The molecule has 0 amide bonds. The van der Waals surface area contributed by atoms with Crippen LogP contribution < -0.4 is 16.2 Å². The maximum atomic E-state index is 11.6. The molecular formula is C13H21N3O2S. The van der Waals surface area contributed by atoms with Crippen molar-refractivity contribution in [3.8, 4) is 0 Å². The lowest BCUT2D eigenvalue weighted by Gasteiger charge is -2.19. The van der Waals surface area contributed by atoms with Gasteiger partial charge in [0.05, 0.1) is 5.69 Å². The highest BCUT2D eigenvalue weighted by Gasteiger charge is 2.18. The van der Waals surface area contributed by atoms with Gasteiger partial charge in [-0.25, -0.2) is 13.6 Å². The minimum absolute atomic E-state index is 0.0803. The summed E-state index contributed by atoms with van der Waals surface area (Å²) in [4.78, 5) is 0.0803. The zero-order chi connectivity index (χ0) is 13.9. The fourth-order valence-electron chi connectivity index (χ4n) is 2.54. The van der Waals surface area contributed by atoms with E-state index >= 15 is 0 Å². The lowest BCUT2D eigenvalue weighted by atomic mass is 10.1. The number of hydrogen-bond acceptors (Lipinski definition) is 4. The summed E-state index contributed by atoms with van der Waals surface area (Å²) < 4.78 is 23.2. The van der Waals surface area contributed by atoms with Crippen molar-refractivity contribution in [1.82, 2.24) is 0 Å². The molecule has 5 N–H and O–H groups in total. The molecule has 0 aromatic heterocycles. The van der Waals surface area contributed by atoms with Crippen LogP contribution in [0.25, 0.3) is 0 Å². The number of benzene rings is 1. The third kappa shape index (κ3) is 3.84. The van der Waals surface area contributed by atoms with Gasteiger partial charge in [0.15, 0.2) is 0 Å². The first kappa shape index (κ1) is 14.1. The summed E-state index contributed by atoms with van der Waals surface area (Å²) in [5.74, 6) is 0. The van der Waals surface area contributed by atoms with E-state index in [1.165, 1.54) is 31.7 Å². The van der Waals surface area contributed by atoms with E-state index in [9.17, 15) is 8.42 Å². The van der Waals surface area contributed by atoms with Gasteiger partial charge in [0.25, 0.3) is 0 Å². The molecular weight excluding hydrogens is 262 g/mol. The van der Waals surface area contributed by atoms with E-state index in [0.717, 1.165) is 12.8 Å². The number of sulfonamides is 1. The molecule has 0 radical (unpaired) electrons. The fourth-order valence-corrected chi connectivity index (χ4v) is 3.27. The van der Waals surface area contributed by atoms with Gasteiger partial charge in [-0.3, -0.25) is 0 Å². The lowest BCUT2D eigenvalue weighted by molar-refractivity contribution is 0.596. The fraction of sp³-hybridized carbons (Fsp3) is 0.538. The van der Waals surface area contributed by atoms with Crippen LogP contribution in [-0.4, -0.2) is 14.5 Å². The van der Waals surface area contributed by atoms with Gasteiger partial charge in [-0.05, 0) is 31.0 Å². The van der Waals surface area contributed by atoms with Gasteiger partial charge in [-0.1, -0.05) is 25.7 Å². The van der Waals surface area contributed by atoms with Gasteiger partial charge in [0.2, 0.25) is 10.0 Å². The van der Waals surface area contributed by atoms with E-state index in [4.69, 9.17) is 10.9 Å². The molecule has 1 aliphatic rings. The number of hydrogen-bond donors (Lipinski definition) is 3. The Morgan fingerprint density at radius 1 is 1.11 bits per heavy atom. The molecule has 0 unspecified atom stereocenters. The van der Waals surface area contributed by atoms with Crippen LogP contribution in [0.1, 0.15) is 38.5 Å². The molecule has 0 atom stereocenters. The zero-order valence-corrected chi connectivity index (χ0v) is 11.7. The van der Waals surface area contributed by atoms with Crippen molar-refractivity contribution in [1.29, 1.82) is 0 Å². The minimum Gasteiger partial charge on any atom is -0.399 e. The lowest BCUT2D eigenvalue weighted by Crippen LogP contribution is -2.22. The highest BCUT2D eigenvalue weighted by molar-refractivity contribution is 7.89. The molecule has 6 heteroatoms. The first-order chi connectivity index (χ1) is 8.97. The summed E-state index contributed by atoms with van der Waals surface area (Å²) in [6.45, 7) is 0. The average molecular weight is 283 g/mol. The Morgan fingerprint density at radius 2 is 1.74 bits per heavy atom. The Bertz CT molecular complexity index is 535. The van der Waals surface area contributed by atoms with Crippen LogP contribution in [0.5, 0.6) is 0 Å². The van der Waals surface area contributed by atoms with Gasteiger partial charge >= 0.3 is 0 Å². The van der Waals surface area contributed by atoms with Crippen molar-refractivity contribution in [3.63, 3.8) is 0 Å². The van der Waals surface area contributed by atoms with Gasteiger partial charge in [0, 0.05) is 11.7 Å². The summed E-state index contributed by atoms with van der Waals surface area (Å²) in [5, 5.41) is 8.55. The zero-order valence-electron chi connectivity index (χ0n) is 10.9. The van der Waals surface area contributed by atoms with Crippen molar-refractivity contribution >= 4 is 21.4 Å². The van der Waals surface area contributed by atoms with E-state index in [1.807, 2.05) is 0 Å². The van der Waals surface area contributed by atoms with E-state index < -0.39 is 10.0 Å². The van der Waals surface area contributed by atoms with E-state index in [0.29, 0.717) is 17.4 Å². The SMILES string of the molecule is Nc1ccc(NC2CCCCCC2)c(S(N)(=O)=O)c1. The van der Waals surface area contributed by atoms with E-state index in [-0.39, 0.29) is 4.90 Å². The number of nitrogen functional groups attached to an aromatic ring is 1. The first-order valence-corrected chi connectivity index (χ1v) is 8.20. The van der Waals surface area contributed by atoms with Crippen molar-refractivity contribution in [2.24, 2.45) is 5.14 Å². The van der Waals surface area contributed by atoms with Crippen molar-refractivity contribution < 1.29 is 8.42 Å². The molecule has 0 aliphatic heterocycles. The normalized spacial score (nSPS) is 17.9. The molecule has 0 bridgehead atoms. The predicted molar refractivity (Wildman–Crippen MR) is 77.3 cm³/mol. The van der Waals surface area contributed by atoms with Crippen LogP contribution in [0, 0.1) is 0 Å². The quantitative estimate of drug-likeness (QED) is 0.584. The molecule has 106 valence electrons. The average Bonchev–Trinajstić information content (AvgIpc) is 2.59. The highest BCUT2D eigenvalue weighted by atomic mass is 32.2. The van der Waals surface area contributed by atoms with Crippen LogP contribution in [0.3, 0.4) is 0 Å². The Kier molecular flexibility index (Phi) is 4.31. The molecule has 0 spiro atoms. The molecule has 1 aliphatic carbocycles. The predicted octanol–water partition coefficient (Wildman–Crippen LogP) is 2.05. The van der Waals surface area contributed by atoms with Crippen LogP contribution in [0.4, 0.5) is 11.4 Å². The van der Waals surface area contributed by atoms with Crippen LogP contribution in [0.2, 0.25) is 0 Å². The van der Waals surface area contributed by atoms with E-state index in [2.05, 4.69) is 5.32 Å². The monoisotopic (exact) mass is 283 g/mol. The van der Waals surface area contributed by atoms with E-state index in [1.54, 1.807) is 12.1 Å². The molecule has 1 fully saturated rings. The van der Waals surface area contributed by atoms with Gasteiger partial charge in [-0.2, -0.15) is 0 Å². The third-order valence-corrected chi connectivity index (χ3v) is 4.48. The van der Waals surface area contributed by atoms with Gasteiger partial charge < -0.3 is 11.1 Å². The number of nitrogens with one attached hydrogen (secondary N) is 1. The molecule has 19 heavy (non-hydrogen) atoms. The first-order valence-electron chi connectivity index (χ1n) is 6.66. The largest absolute Gasteiger partial charge is 0.399 e. The standard InChI is InChI=1S/C13H21N3O2S/c14-10-7-8-12(13(9-10)19(15,17)18)16-11-5-3-1-2-4-6-11/h7-9,11,16H,1-6,14H2,(H2,15,17,18). The Morgan fingerprint density at radius 3 is 2.32 bits per heavy atom. The Labute approximate surface area is 114 Å². The second kappa shape index (κ2) is 5.79. The molecule has 1 saturated carbocycles.